The van der Waals surface area contributed by atoms with Crippen molar-refractivity contribution in [2.75, 3.05) is 6.54 Å². The van der Waals surface area contributed by atoms with Gasteiger partial charge in [-0.3, -0.25) is 4.98 Å². The Morgan fingerprint density at radius 1 is 1.53 bits per heavy atom. The minimum absolute atomic E-state index is 0.560. The van der Waals surface area contributed by atoms with E-state index in [9.17, 15) is 0 Å². The lowest BCUT2D eigenvalue weighted by atomic mass is 9.80. The SMILES string of the molecule is CCNC(Cc1ccncc1Cl)CC1CCC1. The van der Waals surface area contributed by atoms with Crippen LogP contribution in [0.4, 0.5) is 0 Å². The molecule has 1 heterocycles. The Balaban J connectivity index is 1.93. The number of rotatable bonds is 6. The van der Waals surface area contributed by atoms with Crippen molar-refractivity contribution < 1.29 is 0 Å². The highest BCUT2D eigenvalue weighted by molar-refractivity contribution is 6.31. The van der Waals surface area contributed by atoms with E-state index >= 15 is 0 Å². The number of nitrogens with one attached hydrogen (secondary N) is 1. The van der Waals surface area contributed by atoms with Crippen LogP contribution in [-0.4, -0.2) is 17.6 Å². The summed E-state index contributed by atoms with van der Waals surface area (Å²) >= 11 is 6.16. The third kappa shape index (κ3) is 3.68. The van der Waals surface area contributed by atoms with Gasteiger partial charge in [0.2, 0.25) is 0 Å². The van der Waals surface area contributed by atoms with Gasteiger partial charge in [0.15, 0.2) is 0 Å². The Labute approximate surface area is 109 Å². The lowest BCUT2D eigenvalue weighted by Crippen LogP contribution is -2.34. The van der Waals surface area contributed by atoms with Crippen molar-refractivity contribution in [3.8, 4) is 0 Å². The smallest absolute Gasteiger partial charge is 0.0621 e. The average Bonchev–Trinajstić information content (AvgIpc) is 2.26. The first-order chi connectivity index (χ1) is 8.29. The van der Waals surface area contributed by atoms with Gasteiger partial charge in [-0.15, -0.1) is 0 Å². The molecule has 1 N–H and O–H groups in total. The number of halogens is 1. The maximum absolute atomic E-state index is 6.16. The highest BCUT2D eigenvalue weighted by atomic mass is 35.5. The van der Waals surface area contributed by atoms with E-state index in [1.54, 1.807) is 6.20 Å². The van der Waals surface area contributed by atoms with E-state index in [1.807, 2.05) is 12.3 Å². The number of hydrogen-bond donors (Lipinski definition) is 1. The van der Waals surface area contributed by atoms with Gasteiger partial charge in [-0.25, -0.2) is 0 Å². The average molecular weight is 253 g/mol. The normalized spacial score (nSPS) is 17.8. The summed E-state index contributed by atoms with van der Waals surface area (Å²) in [6, 6.07) is 2.60. The molecule has 1 aliphatic rings. The van der Waals surface area contributed by atoms with Crippen LogP contribution in [-0.2, 0) is 6.42 Å². The Morgan fingerprint density at radius 3 is 2.94 bits per heavy atom. The van der Waals surface area contributed by atoms with Crippen molar-refractivity contribution in [1.29, 1.82) is 0 Å². The van der Waals surface area contributed by atoms with E-state index < -0.39 is 0 Å². The monoisotopic (exact) mass is 252 g/mol. The van der Waals surface area contributed by atoms with Crippen LogP contribution in [0.5, 0.6) is 0 Å². The second kappa shape index (κ2) is 6.36. The topological polar surface area (TPSA) is 24.9 Å². The fraction of sp³-hybridized carbons (Fsp3) is 0.643. The van der Waals surface area contributed by atoms with E-state index in [0.29, 0.717) is 6.04 Å². The minimum atomic E-state index is 0.560. The summed E-state index contributed by atoms with van der Waals surface area (Å²) in [5.41, 5.74) is 1.21. The van der Waals surface area contributed by atoms with Crippen LogP contribution in [0.25, 0.3) is 0 Å². The minimum Gasteiger partial charge on any atom is -0.314 e. The molecule has 0 aliphatic heterocycles. The van der Waals surface area contributed by atoms with Crippen molar-refractivity contribution >= 4 is 11.6 Å². The van der Waals surface area contributed by atoms with Crippen molar-refractivity contribution in [3.63, 3.8) is 0 Å². The zero-order valence-corrected chi connectivity index (χ0v) is 11.2. The van der Waals surface area contributed by atoms with E-state index in [1.165, 1.54) is 31.2 Å². The number of pyridine rings is 1. The van der Waals surface area contributed by atoms with E-state index in [-0.39, 0.29) is 0 Å². The van der Waals surface area contributed by atoms with E-state index in [4.69, 9.17) is 11.6 Å². The molecular formula is C14H21ClN2. The number of likely N-dealkylation sites (N-methyl/N-ethyl adjacent to an activating group) is 1. The van der Waals surface area contributed by atoms with Gasteiger partial charge in [0.25, 0.3) is 0 Å². The van der Waals surface area contributed by atoms with E-state index in [0.717, 1.165) is 23.9 Å². The molecule has 94 valence electrons. The summed E-state index contributed by atoms with van der Waals surface area (Å²) in [4.78, 5) is 4.03. The fourth-order valence-electron chi connectivity index (χ4n) is 2.49. The number of nitrogens with zero attached hydrogens (tertiary/aromatic N) is 1. The third-order valence-corrected chi connectivity index (χ3v) is 4.00. The molecule has 1 aliphatic carbocycles. The van der Waals surface area contributed by atoms with Crippen LogP contribution < -0.4 is 5.32 Å². The zero-order valence-electron chi connectivity index (χ0n) is 10.5. The van der Waals surface area contributed by atoms with Gasteiger partial charge in [-0.05, 0) is 36.9 Å². The molecule has 1 saturated carbocycles. The first-order valence-electron chi connectivity index (χ1n) is 6.61. The molecule has 1 atom stereocenters. The van der Waals surface area contributed by atoms with Crippen molar-refractivity contribution in [2.45, 2.75) is 45.1 Å². The summed E-state index contributed by atoms with van der Waals surface area (Å²) in [5.74, 6) is 0.930. The Hall–Kier alpha value is -0.600. The summed E-state index contributed by atoms with van der Waals surface area (Å²) < 4.78 is 0. The zero-order chi connectivity index (χ0) is 12.1. The fourth-order valence-corrected chi connectivity index (χ4v) is 2.69. The lowest BCUT2D eigenvalue weighted by Gasteiger charge is -2.30. The Morgan fingerprint density at radius 2 is 2.35 bits per heavy atom. The summed E-state index contributed by atoms with van der Waals surface area (Å²) in [6.07, 6.45) is 10.1. The standard InChI is InChI=1S/C14H21ClN2/c1-2-17-13(8-11-4-3-5-11)9-12-6-7-16-10-14(12)15/h6-7,10-11,13,17H,2-5,8-9H2,1H3. The van der Waals surface area contributed by atoms with Gasteiger partial charge in [-0.1, -0.05) is 37.8 Å². The maximum atomic E-state index is 6.16. The van der Waals surface area contributed by atoms with Crippen LogP contribution in [0.15, 0.2) is 18.5 Å². The predicted molar refractivity (Wildman–Crippen MR) is 72.4 cm³/mol. The molecule has 2 rings (SSSR count). The quantitative estimate of drug-likeness (QED) is 0.839. The molecule has 1 fully saturated rings. The number of aromatic nitrogens is 1. The summed E-state index contributed by atoms with van der Waals surface area (Å²) in [6.45, 7) is 3.20. The van der Waals surface area contributed by atoms with Gasteiger partial charge in [0.1, 0.15) is 0 Å². The Bertz CT molecular complexity index is 350. The van der Waals surface area contributed by atoms with Gasteiger partial charge in [0.05, 0.1) is 5.02 Å². The van der Waals surface area contributed by atoms with E-state index in [2.05, 4.69) is 17.2 Å². The number of hydrogen-bond acceptors (Lipinski definition) is 2. The third-order valence-electron chi connectivity index (χ3n) is 3.66. The molecule has 1 aromatic rings. The van der Waals surface area contributed by atoms with Crippen LogP contribution >= 0.6 is 11.6 Å². The molecule has 0 radical (unpaired) electrons. The molecule has 2 nitrogen and oxygen atoms in total. The van der Waals surface area contributed by atoms with Gasteiger partial charge >= 0.3 is 0 Å². The highest BCUT2D eigenvalue weighted by Crippen LogP contribution is 2.31. The van der Waals surface area contributed by atoms with Crippen LogP contribution in [0.2, 0.25) is 5.02 Å². The second-order valence-electron chi connectivity index (χ2n) is 4.96. The predicted octanol–water partition coefficient (Wildman–Crippen LogP) is 3.45. The maximum Gasteiger partial charge on any atom is 0.0621 e. The lowest BCUT2D eigenvalue weighted by molar-refractivity contribution is 0.260. The molecule has 3 heteroatoms. The summed E-state index contributed by atoms with van der Waals surface area (Å²) in [5, 5.41) is 4.37. The molecule has 1 aromatic heterocycles. The van der Waals surface area contributed by atoms with Crippen molar-refractivity contribution in [2.24, 2.45) is 5.92 Å². The van der Waals surface area contributed by atoms with Crippen molar-refractivity contribution in [1.82, 2.24) is 10.3 Å². The highest BCUT2D eigenvalue weighted by Gasteiger charge is 2.22. The molecule has 0 saturated heterocycles. The first kappa shape index (κ1) is 12.8. The molecule has 17 heavy (non-hydrogen) atoms. The first-order valence-corrected chi connectivity index (χ1v) is 6.99. The molecule has 1 unspecified atom stereocenters. The molecule has 0 bridgehead atoms. The van der Waals surface area contributed by atoms with Crippen LogP contribution in [0.3, 0.4) is 0 Å². The van der Waals surface area contributed by atoms with Gasteiger partial charge in [0, 0.05) is 18.4 Å². The molecular weight excluding hydrogens is 232 g/mol. The second-order valence-corrected chi connectivity index (χ2v) is 5.37. The van der Waals surface area contributed by atoms with Gasteiger partial charge < -0.3 is 5.32 Å². The van der Waals surface area contributed by atoms with Crippen LogP contribution in [0.1, 0.15) is 38.2 Å². The summed E-state index contributed by atoms with van der Waals surface area (Å²) in [7, 11) is 0. The van der Waals surface area contributed by atoms with Crippen molar-refractivity contribution in [3.05, 3.63) is 29.0 Å². The van der Waals surface area contributed by atoms with Gasteiger partial charge in [-0.2, -0.15) is 0 Å². The largest absolute Gasteiger partial charge is 0.314 e. The molecule has 0 aromatic carbocycles. The molecule has 0 amide bonds. The Kier molecular flexibility index (Phi) is 4.81. The molecule has 0 spiro atoms. The van der Waals surface area contributed by atoms with Crippen LogP contribution in [0, 0.1) is 5.92 Å².